The van der Waals surface area contributed by atoms with Crippen LogP contribution in [0.15, 0.2) is 14.3 Å². The Bertz CT molecular complexity index is 324. The quantitative estimate of drug-likeness (QED) is 0.741. The van der Waals surface area contributed by atoms with Crippen molar-refractivity contribution in [2.45, 2.75) is 26.3 Å². The van der Waals surface area contributed by atoms with Crippen LogP contribution in [-0.2, 0) is 4.74 Å². The minimum Gasteiger partial charge on any atom is -0.385 e. The highest BCUT2D eigenvalue weighted by Gasteiger charge is 2.21. The molecule has 0 aliphatic rings. The highest BCUT2D eigenvalue weighted by Crippen LogP contribution is 2.38. The fourth-order valence-electron chi connectivity index (χ4n) is 1.79. The van der Waals surface area contributed by atoms with Crippen molar-refractivity contribution < 1.29 is 4.74 Å². The first-order chi connectivity index (χ1) is 8.10. The second kappa shape index (κ2) is 7.89. The molecule has 5 heteroatoms. The van der Waals surface area contributed by atoms with Crippen LogP contribution in [0.3, 0.4) is 0 Å². The first kappa shape index (κ1) is 15.6. The van der Waals surface area contributed by atoms with Gasteiger partial charge in [0.15, 0.2) is 0 Å². The van der Waals surface area contributed by atoms with Gasteiger partial charge in [0.05, 0.1) is 3.79 Å². The Kier molecular flexibility index (Phi) is 7.26. The zero-order valence-electron chi connectivity index (χ0n) is 10.4. The van der Waals surface area contributed by atoms with Crippen LogP contribution in [0.5, 0.6) is 0 Å². The van der Waals surface area contributed by atoms with Gasteiger partial charge in [0, 0.05) is 29.1 Å². The second-order valence-electron chi connectivity index (χ2n) is 4.06. The molecule has 0 aliphatic carbocycles. The van der Waals surface area contributed by atoms with Crippen molar-refractivity contribution in [2.24, 2.45) is 5.92 Å². The van der Waals surface area contributed by atoms with E-state index in [0.29, 0.717) is 12.0 Å². The lowest BCUT2D eigenvalue weighted by atomic mass is 9.97. The Balaban J connectivity index is 2.77. The third-order valence-electron chi connectivity index (χ3n) is 2.74. The van der Waals surface area contributed by atoms with Gasteiger partial charge in [-0.05, 0) is 56.8 Å². The highest BCUT2D eigenvalue weighted by atomic mass is 79.9. The Hall–Kier alpha value is 0.580. The zero-order chi connectivity index (χ0) is 12.8. The van der Waals surface area contributed by atoms with Crippen LogP contribution in [0.1, 0.15) is 31.2 Å². The molecule has 1 heterocycles. The highest BCUT2D eigenvalue weighted by molar-refractivity contribution is 9.13. The molecule has 1 rings (SSSR count). The van der Waals surface area contributed by atoms with E-state index < -0.39 is 0 Å². The van der Waals surface area contributed by atoms with Crippen molar-refractivity contribution in [1.29, 1.82) is 0 Å². The van der Waals surface area contributed by atoms with E-state index in [4.69, 9.17) is 4.74 Å². The average Bonchev–Trinajstić information content (AvgIpc) is 2.63. The summed E-state index contributed by atoms with van der Waals surface area (Å²) in [6.07, 6.45) is 1.07. The standard InChI is InChI=1S/C12H19Br2NOS/c1-4-15-11(8(2)5-6-16-3)10-7-9(13)12(14)17-10/h7-8,11,15H,4-6H2,1-3H3. The van der Waals surface area contributed by atoms with E-state index in [1.165, 1.54) is 4.88 Å². The molecule has 0 spiro atoms. The van der Waals surface area contributed by atoms with Crippen molar-refractivity contribution in [1.82, 2.24) is 5.32 Å². The van der Waals surface area contributed by atoms with Crippen LogP contribution in [0, 0.1) is 5.92 Å². The van der Waals surface area contributed by atoms with Crippen LogP contribution in [0.25, 0.3) is 0 Å². The first-order valence-corrected chi connectivity index (χ1v) is 8.17. The maximum absolute atomic E-state index is 5.16. The van der Waals surface area contributed by atoms with Crippen molar-refractivity contribution in [3.05, 3.63) is 19.2 Å². The van der Waals surface area contributed by atoms with Gasteiger partial charge in [-0.25, -0.2) is 0 Å². The molecule has 0 saturated heterocycles. The molecule has 1 N–H and O–H groups in total. The fourth-order valence-corrected chi connectivity index (χ4v) is 4.09. The molecule has 2 nitrogen and oxygen atoms in total. The second-order valence-corrected chi connectivity index (χ2v) is 7.32. The Morgan fingerprint density at radius 3 is 2.65 bits per heavy atom. The van der Waals surface area contributed by atoms with E-state index in [1.54, 1.807) is 18.4 Å². The lowest BCUT2D eigenvalue weighted by molar-refractivity contribution is 0.171. The van der Waals surface area contributed by atoms with Gasteiger partial charge in [-0.2, -0.15) is 0 Å². The van der Waals surface area contributed by atoms with Gasteiger partial charge in [-0.15, -0.1) is 11.3 Å². The molecule has 0 fully saturated rings. The molecule has 0 bridgehead atoms. The summed E-state index contributed by atoms with van der Waals surface area (Å²) in [5.74, 6) is 0.562. The van der Waals surface area contributed by atoms with E-state index >= 15 is 0 Å². The normalized spacial score (nSPS) is 14.9. The van der Waals surface area contributed by atoms with E-state index in [9.17, 15) is 0 Å². The number of ether oxygens (including phenoxy) is 1. The minimum absolute atomic E-state index is 0.405. The maximum Gasteiger partial charge on any atom is 0.0843 e. The van der Waals surface area contributed by atoms with Crippen LogP contribution >= 0.6 is 43.2 Å². The maximum atomic E-state index is 5.16. The Morgan fingerprint density at radius 2 is 2.18 bits per heavy atom. The summed E-state index contributed by atoms with van der Waals surface area (Å²) >= 11 is 8.90. The molecule has 0 saturated carbocycles. The molecule has 0 aliphatic heterocycles. The molecule has 0 aromatic carbocycles. The number of nitrogens with one attached hydrogen (secondary N) is 1. The number of hydrogen-bond acceptors (Lipinski definition) is 3. The molecule has 1 aromatic heterocycles. The monoisotopic (exact) mass is 383 g/mol. The van der Waals surface area contributed by atoms with Gasteiger partial charge in [0.1, 0.15) is 0 Å². The summed E-state index contributed by atoms with van der Waals surface area (Å²) in [5, 5.41) is 3.56. The average molecular weight is 385 g/mol. The molecule has 0 amide bonds. The minimum atomic E-state index is 0.405. The Morgan fingerprint density at radius 1 is 1.47 bits per heavy atom. The number of hydrogen-bond donors (Lipinski definition) is 1. The smallest absolute Gasteiger partial charge is 0.0843 e. The Labute approximate surface area is 124 Å². The summed E-state index contributed by atoms with van der Waals surface area (Å²) < 4.78 is 7.46. The fraction of sp³-hybridized carbons (Fsp3) is 0.667. The van der Waals surface area contributed by atoms with Crippen LogP contribution < -0.4 is 5.32 Å². The van der Waals surface area contributed by atoms with Gasteiger partial charge >= 0.3 is 0 Å². The molecule has 1 aromatic rings. The van der Waals surface area contributed by atoms with Crippen LogP contribution in [-0.4, -0.2) is 20.3 Å². The molecule has 98 valence electrons. The van der Waals surface area contributed by atoms with Crippen molar-refractivity contribution >= 4 is 43.2 Å². The van der Waals surface area contributed by atoms with E-state index in [1.807, 2.05) is 0 Å². The predicted octanol–water partition coefficient (Wildman–Crippen LogP) is 4.60. The summed E-state index contributed by atoms with van der Waals surface area (Å²) in [5.41, 5.74) is 0. The molecular weight excluding hydrogens is 366 g/mol. The number of methoxy groups -OCH3 is 1. The van der Waals surface area contributed by atoms with E-state index in [-0.39, 0.29) is 0 Å². The largest absolute Gasteiger partial charge is 0.385 e. The van der Waals surface area contributed by atoms with E-state index in [0.717, 1.165) is 27.8 Å². The van der Waals surface area contributed by atoms with Gasteiger partial charge in [0.2, 0.25) is 0 Å². The number of halogens is 2. The molecule has 2 atom stereocenters. The lowest BCUT2D eigenvalue weighted by Crippen LogP contribution is -2.26. The van der Waals surface area contributed by atoms with Crippen LogP contribution in [0.4, 0.5) is 0 Å². The number of thiophene rings is 1. The SMILES string of the molecule is CCNC(c1cc(Br)c(Br)s1)C(C)CCOC. The predicted molar refractivity (Wildman–Crippen MR) is 81.8 cm³/mol. The third kappa shape index (κ3) is 4.63. The topological polar surface area (TPSA) is 21.3 Å². The first-order valence-electron chi connectivity index (χ1n) is 5.77. The van der Waals surface area contributed by atoms with Crippen molar-refractivity contribution in [2.75, 3.05) is 20.3 Å². The van der Waals surface area contributed by atoms with Crippen molar-refractivity contribution in [3.63, 3.8) is 0 Å². The number of rotatable bonds is 7. The summed E-state index contributed by atoms with van der Waals surface area (Å²) in [7, 11) is 1.76. The van der Waals surface area contributed by atoms with Crippen LogP contribution in [0.2, 0.25) is 0 Å². The molecular formula is C12H19Br2NOS. The van der Waals surface area contributed by atoms with E-state index in [2.05, 4.69) is 57.1 Å². The van der Waals surface area contributed by atoms with Gasteiger partial charge < -0.3 is 10.1 Å². The summed E-state index contributed by atoms with van der Waals surface area (Å²) in [6, 6.07) is 2.61. The summed E-state index contributed by atoms with van der Waals surface area (Å²) in [4.78, 5) is 1.37. The van der Waals surface area contributed by atoms with Crippen molar-refractivity contribution in [3.8, 4) is 0 Å². The third-order valence-corrected chi connectivity index (χ3v) is 6.08. The van der Waals surface area contributed by atoms with Gasteiger partial charge in [-0.3, -0.25) is 0 Å². The molecule has 0 radical (unpaired) electrons. The molecule has 2 unspecified atom stereocenters. The lowest BCUT2D eigenvalue weighted by Gasteiger charge is -2.23. The summed E-state index contributed by atoms with van der Waals surface area (Å²) in [6.45, 7) is 6.22. The van der Waals surface area contributed by atoms with Gasteiger partial charge in [0.25, 0.3) is 0 Å². The zero-order valence-corrected chi connectivity index (χ0v) is 14.4. The van der Waals surface area contributed by atoms with Gasteiger partial charge in [-0.1, -0.05) is 13.8 Å². The molecule has 17 heavy (non-hydrogen) atoms.